The fourth-order valence-corrected chi connectivity index (χ4v) is 4.73. The fourth-order valence-electron chi connectivity index (χ4n) is 4.73. The van der Waals surface area contributed by atoms with Gasteiger partial charge in [-0.25, -0.2) is 9.37 Å². The van der Waals surface area contributed by atoms with E-state index in [1.54, 1.807) is 12.3 Å². The molecule has 0 bridgehead atoms. The molecule has 0 aliphatic heterocycles. The maximum Gasteiger partial charge on any atom is 0.181 e. The molecule has 3 aromatic carbocycles. The van der Waals surface area contributed by atoms with Gasteiger partial charge in [-0.05, 0) is 72.1 Å². The molecular formula is C27H22FNO2. The highest BCUT2D eigenvalue weighted by Gasteiger charge is 2.31. The maximum atomic E-state index is 15.0. The monoisotopic (exact) mass is 411 g/mol. The van der Waals surface area contributed by atoms with Crippen molar-refractivity contribution in [1.82, 2.24) is 4.98 Å². The zero-order valence-electron chi connectivity index (χ0n) is 17.1. The van der Waals surface area contributed by atoms with Crippen molar-refractivity contribution < 1.29 is 13.5 Å². The molecule has 4 aromatic rings. The predicted octanol–water partition coefficient (Wildman–Crippen LogP) is 7.09. The molecule has 1 heterocycles. The number of benzene rings is 3. The van der Waals surface area contributed by atoms with Crippen LogP contribution >= 0.6 is 0 Å². The van der Waals surface area contributed by atoms with Crippen molar-refractivity contribution >= 4 is 0 Å². The molecule has 2 aliphatic carbocycles. The van der Waals surface area contributed by atoms with Crippen molar-refractivity contribution in [3.05, 3.63) is 95.8 Å². The van der Waals surface area contributed by atoms with E-state index >= 15 is 0 Å². The van der Waals surface area contributed by atoms with Gasteiger partial charge in [-0.15, -0.1) is 0 Å². The second-order valence-electron chi connectivity index (χ2n) is 8.39. The molecule has 0 saturated heterocycles. The molecule has 1 atom stereocenters. The molecule has 0 radical (unpaired) electrons. The van der Waals surface area contributed by atoms with Gasteiger partial charge in [-0.3, -0.25) is 0 Å². The molecule has 0 amide bonds. The summed E-state index contributed by atoms with van der Waals surface area (Å²) in [5, 5.41) is 0. The molecule has 6 rings (SSSR count). The minimum absolute atomic E-state index is 0.199. The summed E-state index contributed by atoms with van der Waals surface area (Å²) < 4.78 is 26.4. The summed E-state index contributed by atoms with van der Waals surface area (Å²) in [5.74, 6) is 1.32. The van der Waals surface area contributed by atoms with Crippen molar-refractivity contribution in [2.45, 2.75) is 37.7 Å². The van der Waals surface area contributed by atoms with Crippen molar-refractivity contribution in [2.75, 3.05) is 0 Å². The number of hydrogen-bond acceptors (Lipinski definition) is 3. The second kappa shape index (κ2) is 7.38. The number of ether oxygens (including phenoxy) is 1. The summed E-state index contributed by atoms with van der Waals surface area (Å²) in [6.07, 6.45) is 6.89. The van der Waals surface area contributed by atoms with Crippen LogP contribution in [-0.4, -0.2) is 4.98 Å². The molecule has 4 heteroatoms. The first-order chi connectivity index (χ1) is 15.3. The van der Waals surface area contributed by atoms with Crippen LogP contribution in [0.2, 0.25) is 0 Å². The van der Waals surface area contributed by atoms with E-state index in [1.165, 1.54) is 24.8 Å². The molecular weight excluding hydrogens is 389 g/mol. The smallest absolute Gasteiger partial charge is 0.181 e. The highest BCUT2D eigenvalue weighted by atomic mass is 19.1. The largest absolute Gasteiger partial charge is 0.486 e. The zero-order chi connectivity index (χ0) is 20.8. The SMILES string of the molecule is Fc1ccc(-c2ccccc2-c2cocn2)c2c1C(Oc1ccc(C3CC3)cc1)CC2. The molecule has 3 nitrogen and oxygen atoms in total. The van der Waals surface area contributed by atoms with E-state index in [4.69, 9.17) is 9.15 Å². The van der Waals surface area contributed by atoms with E-state index in [0.717, 1.165) is 46.5 Å². The standard InChI is InChI=1S/C27H22FNO2/c28-24-13-11-21(20-3-1-2-4-22(20)25-15-30-16-29-25)23-12-14-26(27(23)24)31-19-9-7-18(8-10-19)17-5-6-17/h1-4,7-11,13,15-17,26H,5-6,12,14H2. The number of hydrogen-bond donors (Lipinski definition) is 0. The minimum Gasteiger partial charge on any atom is -0.486 e. The molecule has 154 valence electrons. The van der Waals surface area contributed by atoms with Crippen molar-refractivity contribution in [2.24, 2.45) is 0 Å². The first kappa shape index (κ1) is 18.4. The lowest BCUT2D eigenvalue weighted by Gasteiger charge is -2.17. The van der Waals surface area contributed by atoms with Crippen LogP contribution in [0.15, 0.2) is 77.7 Å². The summed E-state index contributed by atoms with van der Waals surface area (Å²) in [6, 6.07) is 19.8. The number of nitrogens with zero attached hydrogens (tertiary/aromatic N) is 1. The lowest BCUT2D eigenvalue weighted by molar-refractivity contribution is 0.203. The number of oxazole rings is 1. The van der Waals surface area contributed by atoms with E-state index in [-0.39, 0.29) is 11.9 Å². The van der Waals surface area contributed by atoms with Gasteiger partial charge >= 0.3 is 0 Å². The van der Waals surface area contributed by atoms with E-state index in [0.29, 0.717) is 11.5 Å². The van der Waals surface area contributed by atoms with E-state index in [1.807, 2.05) is 36.4 Å². The number of halogens is 1. The number of aromatic nitrogens is 1. The van der Waals surface area contributed by atoms with Gasteiger partial charge in [0.25, 0.3) is 0 Å². The van der Waals surface area contributed by atoms with Crippen LogP contribution in [0.4, 0.5) is 4.39 Å². The molecule has 1 fully saturated rings. The summed E-state index contributed by atoms with van der Waals surface area (Å²) in [6.45, 7) is 0. The van der Waals surface area contributed by atoms with Crippen molar-refractivity contribution in [3.63, 3.8) is 0 Å². The van der Waals surface area contributed by atoms with Crippen LogP contribution in [0.5, 0.6) is 5.75 Å². The van der Waals surface area contributed by atoms with Gasteiger partial charge in [0.05, 0.1) is 0 Å². The van der Waals surface area contributed by atoms with Crippen LogP contribution in [0.25, 0.3) is 22.4 Å². The minimum atomic E-state index is -0.277. The first-order valence-electron chi connectivity index (χ1n) is 10.8. The summed E-state index contributed by atoms with van der Waals surface area (Å²) in [4.78, 5) is 4.31. The average molecular weight is 411 g/mol. The topological polar surface area (TPSA) is 35.3 Å². The lowest BCUT2D eigenvalue weighted by Crippen LogP contribution is -2.06. The van der Waals surface area contributed by atoms with Crippen LogP contribution < -0.4 is 4.74 Å². The third-order valence-corrected chi connectivity index (χ3v) is 6.42. The van der Waals surface area contributed by atoms with E-state index in [9.17, 15) is 4.39 Å². The summed E-state index contributed by atoms with van der Waals surface area (Å²) >= 11 is 0. The number of fused-ring (bicyclic) bond motifs is 1. The third kappa shape index (κ3) is 3.32. The molecule has 0 N–H and O–H groups in total. The Bertz CT molecular complexity index is 1230. The van der Waals surface area contributed by atoms with Gasteiger partial charge in [0.15, 0.2) is 6.39 Å². The molecule has 1 unspecified atom stereocenters. The highest BCUT2D eigenvalue weighted by Crippen LogP contribution is 2.44. The normalized spacial score (nSPS) is 17.5. The Morgan fingerprint density at radius 1 is 0.871 bits per heavy atom. The Hall–Kier alpha value is -3.40. The average Bonchev–Trinajstić information content (AvgIpc) is 3.33. The van der Waals surface area contributed by atoms with Gasteiger partial charge < -0.3 is 9.15 Å². The lowest BCUT2D eigenvalue weighted by atomic mass is 9.92. The fraction of sp³-hybridized carbons (Fsp3) is 0.222. The first-order valence-corrected chi connectivity index (χ1v) is 10.8. The van der Waals surface area contributed by atoms with Crippen molar-refractivity contribution in [3.8, 4) is 28.1 Å². The van der Waals surface area contributed by atoms with Crippen LogP contribution in [0.1, 0.15) is 48.0 Å². The molecule has 1 saturated carbocycles. The molecule has 2 aliphatic rings. The Balaban J connectivity index is 1.36. The van der Waals surface area contributed by atoms with Gasteiger partial charge in [0.1, 0.15) is 29.6 Å². The van der Waals surface area contributed by atoms with Gasteiger partial charge in [-0.2, -0.15) is 0 Å². The van der Waals surface area contributed by atoms with Crippen LogP contribution in [0, 0.1) is 5.82 Å². The van der Waals surface area contributed by atoms with Gasteiger partial charge in [-0.1, -0.05) is 42.5 Å². The Kier molecular flexibility index (Phi) is 4.37. The molecule has 31 heavy (non-hydrogen) atoms. The Morgan fingerprint density at radius 2 is 1.68 bits per heavy atom. The van der Waals surface area contributed by atoms with E-state index < -0.39 is 0 Å². The molecule has 1 aromatic heterocycles. The molecule has 0 spiro atoms. The van der Waals surface area contributed by atoms with Crippen LogP contribution in [-0.2, 0) is 6.42 Å². The predicted molar refractivity (Wildman–Crippen MR) is 117 cm³/mol. The summed E-state index contributed by atoms with van der Waals surface area (Å²) in [5.41, 5.74) is 6.89. The van der Waals surface area contributed by atoms with E-state index in [2.05, 4.69) is 23.2 Å². The number of rotatable bonds is 5. The highest BCUT2D eigenvalue weighted by molar-refractivity contribution is 5.84. The van der Waals surface area contributed by atoms with Crippen LogP contribution in [0.3, 0.4) is 0 Å². The van der Waals surface area contributed by atoms with Crippen molar-refractivity contribution in [1.29, 1.82) is 0 Å². The second-order valence-corrected chi connectivity index (χ2v) is 8.39. The summed E-state index contributed by atoms with van der Waals surface area (Å²) in [7, 11) is 0. The zero-order valence-corrected chi connectivity index (χ0v) is 17.1. The van der Waals surface area contributed by atoms with Gasteiger partial charge in [0.2, 0.25) is 0 Å². The third-order valence-electron chi connectivity index (χ3n) is 6.42. The quantitative estimate of drug-likeness (QED) is 0.352. The Morgan fingerprint density at radius 3 is 2.42 bits per heavy atom. The maximum absolute atomic E-state index is 15.0. The Labute approximate surface area is 180 Å². The van der Waals surface area contributed by atoms with Gasteiger partial charge in [0, 0.05) is 11.1 Å².